The minimum absolute atomic E-state index is 0.283. The highest BCUT2D eigenvalue weighted by Crippen LogP contribution is 2.26. The van der Waals surface area contributed by atoms with E-state index in [2.05, 4.69) is 5.32 Å². The largest absolute Gasteiger partial charge is 0.465 e. The van der Waals surface area contributed by atoms with Crippen molar-refractivity contribution in [1.29, 1.82) is 0 Å². The van der Waals surface area contributed by atoms with Crippen LogP contribution in [0, 0.1) is 13.8 Å². The molecular weight excluding hydrogens is 386 g/mol. The number of esters is 1. The van der Waals surface area contributed by atoms with Gasteiger partial charge in [-0.3, -0.25) is 19.4 Å². The van der Waals surface area contributed by atoms with E-state index in [4.69, 9.17) is 4.74 Å². The number of benzene rings is 2. The van der Waals surface area contributed by atoms with Crippen molar-refractivity contribution in [2.45, 2.75) is 26.8 Å². The molecule has 8 heteroatoms. The van der Waals surface area contributed by atoms with Crippen molar-refractivity contribution in [3.05, 3.63) is 59.2 Å². The maximum absolute atomic E-state index is 12.8. The van der Waals surface area contributed by atoms with Gasteiger partial charge in [0, 0.05) is 11.4 Å². The van der Waals surface area contributed by atoms with Gasteiger partial charge >= 0.3 is 12.0 Å². The summed E-state index contributed by atoms with van der Waals surface area (Å²) in [5, 5.41) is 2.66. The van der Waals surface area contributed by atoms with Crippen molar-refractivity contribution in [1.82, 2.24) is 4.90 Å². The van der Waals surface area contributed by atoms with Crippen LogP contribution in [0.3, 0.4) is 0 Å². The van der Waals surface area contributed by atoms with Gasteiger partial charge in [-0.15, -0.1) is 0 Å². The second-order valence-electron chi connectivity index (χ2n) is 7.16. The molecule has 1 aliphatic rings. The van der Waals surface area contributed by atoms with Gasteiger partial charge < -0.3 is 10.1 Å². The fourth-order valence-electron chi connectivity index (χ4n) is 3.25. The van der Waals surface area contributed by atoms with Gasteiger partial charge in [-0.25, -0.2) is 9.59 Å². The number of hydrogen-bond donors (Lipinski definition) is 1. The number of carbonyl (C=O) groups excluding carboxylic acids is 4. The Morgan fingerprint density at radius 2 is 1.73 bits per heavy atom. The lowest BCUT2D eigenvalue weighted by Gasteiger charge is -2.19. The van der Waals surface area contributed by atoms with E-state index < -0.39 is 36.4 Å². The van der Waals surface area contributed by atoms with Crippen molar-refractivity contribution in [3.8, 4) is 0 Å². The number of methoxy groups -OCH3 is 1. The van der Waals surface area contributed by atoms with Crippen LogP contribution in [0.2, 0.25) is 0 Å². The molecule has 8 nitrogen and oxygen atoms in total. The summed E-state index contributed by atoms with van der Waals surface area (Å²) in [7, 11) is 1.27. The standard InChI is InChI=1S/C22H23N3O5/c1-13-5-9-17(10-6-13)25-15(3)20(27)24(22(25)29)12-19(26)23-18-11-16(21(28)30-4)8-7-14(18)2/h5-11,15H,12H2,1-4H3,(H,23,26)/t15-/m0/s1. The molecule has 0 saturated carbocycles. The molecule has 1 fully saturated rings. The SMILES string of the molecule is COC(=O)c1ccc(C)c(NC(=O)CN2C(=O)[C@H](C)N(c3ccc(C)cc3)C2=O)c1. The van der Waals surface area contributed by atoms with Gasteiger partial charge in [-0.2, -0.15) is 0 Å². The number of carbonyl (C=O) groups is 4. The highest BCUT2D eigenvalue weighted by atomic mass is 16.5. The average Bonchev–Trinajstić information content (AvgIpc) is 2.93. The fourth-order valence-corrected chi connectivity index (χ4v) is 3.25. The predicted octanol–water partition coefficient (Wildman–Crippen LogP) is 2.89. The third-order valence-corrected chi connectivity index (χ3v) is 4.99. The van der Waals surface area contributed by atoms with Crippen LogP contribution in [0.15, 0.2) is 42.5 Å². The molecule has 1 heterocycles. The van der Waals surface area contributed by atoms with Crippen molar-refractivity contribution in [2.75, 3.05) is 23.9 Å². The Balaban J connectivity index is 1.75. The molecule has 4 amide bonds. The highest BCUT2D eigenvalue weighted by Gasteiger charge is 2.44. The summed E-state index contributed by atoms with van der Waals surface area (Å²) in [6, 6.07) is 10.7. The van der Waals surface area contributed by atoms with Gasteiger partial charge in [0.15, 0.2) is 0 Å². The summed E-state index contributed by atoms with van der Waals surface area (Å²) in [4.78, 5) is 52.0. The molecule has 1 aliphatic heterocycles. The van der Waals surface area contributed by atoms with Gasteiger partial charge in [0.2, 0.25) is 5.91 Å². The van der Waals surface area contributed by atoms with E-state index in [9.17, 15) is 19.2 Å². The number of rotatable bonds is 5. The minimum Gasteiger partial charge on any atom is -0.465 e. The van der Waals surface area contributed by atoms with Gasteiger partial charge in [-0.05, 0) is 50.6 Å². The van der Waals surface area contributed by atoms with E-state index in [1.165, 1.54) is 18.1 Å². The zero-order chi connectivity index (χ0) is 22.0. The Morgan fingerprint density at radius 1 is 1.07 bits per heavy atom. The van der Waals surface area contributed by atoms with Crippen LogP contribution < -0.4 is 10.2 Å². The number of urea groups is 1. The lowest BCUT2D eigenvalue weighted by atomic mass is 10.1. The van der Waals surface area contributed by atoms with Crippen LogP contribution in [0.5, 0.6) is 0 Å². The van der Waals surface area contributed by atoms with E-state index in [-0.39, 0.29) is 5.56 Å². The van der Waals surface area contributed by atoms with E-state index in [1.54, 1.807) is 38.1 Å². The number of amides is 4. The molecule has 0 spiro atoms. The Morgan fingerprint density at radius 3 is 2.37 bits per heavy atom. The number of imide groups is 1. The first kappa shape index (κ1) is 21.0. The molecule has 156 valence electrons. The first-order chi connectivity index (χ1) is 14.2. The number of ether oxygens (including phenoxy) is 1. The van der Waals surface area contributed by atoms with Crippen LogP contribution in [-0.2, 0) is 14.3 Å². The average molecular weight is 409 g/mol. The van der Waals surface area contributed by atoms with Gasteiger partial charge in [0.25, 0.3) is 5.91 Å². The van der Waals surface area contributed by atoms with Crippen molar-refractivity contribution in [2.24, 2.45) is 0 Å². The smallest absolute Gasteiger partial charge is 0.337 e. The molecule has 3 rings (SSSR count). The third kappa shape index (κ3) is 4.03. The summed E-state index contributed by atoms with van der Waals surface area (Å²) in [6.07, 6.45) is 0. The summed E-state index contributed by atoms with van der Waals surface area (Å²) in [5.41, 5.74) is 3.04. The molecule has 0 bridgehead atoms. The van der Waals surface area contributed by atoms with Gasteiger partial charge in [-0.1, -0.05) is 23.8 Å². The molecule has 0 radical (unpaired) electrons. The van der Waals surface area contributed by atoms with Crippen LogP contribution in [0.1, 0.15) is 28.4 Å². The van der Waals surface area contributed by atoms with Gasteiger partial charge in [0.05, 0.1) is 12.7 Å². The van der Waals surface area contributed by atoms with Crippen LogP contribution in [0.25, 0.3) is 0 Å². The molecule has 1 saturated heterocycles. The van der Waals surface area contributed by atoms with E-state index in [0.29, 0.717) is 11.4 Å². The summed E-state index contributed by atoms with van der Waals surface area (Å²) in [6.45, 7) is 4.90. The second-order valence-corrected chi connectivity index (χ2v) is 7.16. The normalized spacial score (nSPS) is 16.1. The zero-order valence-electron chi connectivity index (χ0n) is 17.3. The third-order valence-electron chi connectivity index (χ3n) is 4.99. The van der Waals surface area contributed by atoms with Crippen LogP contribution >= 0.6 is 0 Å². The maximum Gasteiger partial charge on any atom is 0.337 e. The number of nitrogens with one attached hydrogen (secondary N) is 1. The van der Waals surface area contributed by atoms with Crippen molar-refractivity contribution in [3.63, 3.8) is 0 Å². The van der Waals surface area contributed by atoms with Crippen molar-refractivity contribution >= 4 is 35.2 Å². The summed E-state index contributed by atoms with van der Waals surface area (Å²) < 4.78 is 4.69. The van der Waals surface area contributed by atoms with Crippen molar-refractivity contribution < 1.29 is 23.9 Å². The van der Waals surface area contributed by atoms with Crippen LogP contribution in [0.4, 0.5) is 16.2 Å². The topological polar surface area (TPSA) is 96.0 Å². The number of anilines is 2. The molecule has 0 unspecified atom stereocenters. The van der Waals surface area contributed by atoms with E-state index in [1.807, 2.05) is 19.1 Å². The molecular formula is C22H23N3O5. The highest BCUT2D eigenvalue weighted by molar-refractivity contribution is 6.16. The Kier molecular flexibility index (Phi) is 5.86. The lowest BCUT2D eigenvalue weighted by Crippen LogP contribution is -2.39. The van der Waals surface area contributed by atoms with E-state index in [0.717, 1.165) is 16.0 Å². The Bertz CT molecular complexity index is 1020. The van der Waals surface area contributed by atoms with Gasteiger partial charge in [0.1, 0.15) is 12.6 Å². The minimum atomic E-state index is -0.711. The molecule has 2 aromatic carbocycles. The summed E-state index contributed by atoms with van der Waals surface area (Å²) in [5.74, 6) is -1.52. The fraction of sp³-hybridized carbons (Fsp3) is 0.273. The Labute approximate surface area is 174 Å². The maximum atomic E-state index is 12.8. The molecule has 1 atom stereocenters. The number of nitrogens with zero attached hydrogens (tertiary/aromatic N) is 2. The first-order valence-electron chi connectivity index (χ1n) is 9.43. The molecule has 1 N–H and O–H groups in total. The quantitative estimate of drug-likeness (QED) is 0.605. The second kappa shape index (κ2) is 8.36. The molecule has 2 aromatic rings. The van der Waals surface area contributed by atoms with E-state index >= 15 is 0 Å². The Hall–Kier alpha value is -3.68. The molecule has 0 aliphatic carbocycles. The zero-order valence-corrected chi connectivity index (χ0v) is 17.3. The first-order valence-corrected chi connectivity index (χ1v) is 9.43. The predicted molar refractivity (Wildman–Crippen MR) is 111 cm³/mol. The monoisotopic (exact) mass is 409 g/mol. The lowest BCUT2D eigenvalue weighted by molar-refractivity contribution is -0.130. The number of hydrogen-bond acceptors (Lipinski definition) is 5. The summed E-state index contributed by atoms with van der Waals surface area (Å²) >= 11 is 0. The number of aryl methyl sites for hydroxylation is 2. The molecule has 30 heavy (non-hydrogen) atoms. The molecule has 0 aromatic heterocycles. The van der Waals surface area contributed by atoms with Crippen LogP contribution in [-0.4, -0.2) is 48.4 Å².